The second-order valence-corrected chi connectivity index (χ2v) is 5.34. The number of nitrogens with one attached hydrogen (secondary N) is 1. The number of hydrogen-bond donors (Lipinski definition) is 1. The van der Waals surface area contributed by atoms with Crippen molar-refractivity contribution in [3.8, 4) is 5.75 Å². The standard InChI is InChI=1S/C18H19NO3/c20-18(17-13-16(17)14-7-3-1-4-8-14)19-22-12-11-21-15-9-5-2-6-10-15/h1-10,16-17H,11-13H2,(H,19,20). The predicted octanol–water partition coefficient (Wildman–Crippen LogP) is 2.92. The Kier molecular flexibility index (Phi) is 4.71. The molecule has 2 atom stereocenters. The van der Waals surface area contributed by atoms with Gasteiger partial charge in [0.25, 0.3) is 0 Å². The Morgan fingerprint density at radius 3 is 2.41 bits per heavy atom. The van der Waals surface area contributed by atoms with Crippen molar-refractivity contribution in [1.82, 2.24) is 5.48 Å². The van der Waals surface area contributed by atoms with E-state index in [1.54, 1.807) is 0 Å². The number of para-hydroxylation sites is 1. The van der Waals surface area contributed by atoms with Crippen LogP contribution in [0.3, 0.4) is 0 Å². The fourth-order valence-electron chi connectivity index (χ4n) is 2.47. The van der Waals surface area contributed by atoms with E-state index < -0.39 is 0 Å². The van der Waals surface area contributed by atoms with Crippen molar-refractivity contribution in [1.29, 1.82) is 0 Å². The van der Waals surface area contributed by atoms with Crippen LogP contribution in [0.15, 0.2) is 60.7 Å². The lowest BCUT2D eigenvalue weighted by atomic mass is 10.1. The van der Waals surface area contributed by atoms with Crippen molar-refractivity contribution in [3.63, 3.8) is 0 Å². The number of carbonyl (C=O) groups is 1. The quantitative estimate of drug-likeness (QED) is 0.631. The average Bonchev–Trinajstić information content (AvgIpc) is 3.37. The Morgan fingerprint density at radius 2 is 1.68 bits per heavy atom. The van der Waals surface area contributed by atoms with Gasteiger partial charge in [0.1, 0.15) is 19.0 Å². The summed E-state index contributed by atoms with van der Waals surface area (Å²) in [5.41, 5.74) is 3.73. The summed E-state index contributed by atoms with van der Waals surface area (Å²) in [6.45, 7) is 0.723. The van der Waals surface area contributed by atoms with Gasteiger partial charge in [0.15, 0.2) is 0 Å². The first kappa shape index (κ1) is 14.6. The molecule has 22 heavy (non-hydrogen) atoms. The Balaban J connectivity index is 1.32. The lowest BCUT2D eigenvalue weighted by Crippen LogP contribution is -2.27. The van der Waals surface area contributed by atoms with E-state index in [-0.39, 0.29) is 11.8 Å². The monoisotopic (exact) mass is 297 g/mol. The topological polar surface area (TPSA) is 47.6 Å². The molecule has 1 N–H and O–H groups in total. The zero-order valence-corrected chi connectivity index (χ0v) is 12.3. The highest BCUT2D eigenvalue weighted by atomic mass is 16.7. The Morgan fingerprint density at radius 1 is 1.00 bits per heavy atom. The molecule has 1 amide bonds. The minimum Gasteiger partial charge on any atom is -0.491 e. The van der Waals surface area contributed by atoms with Gasteiger partial charge in [0.2, 0.25) is 5.91 Å². The average molecular weight is 297 g/mol. The van der Waals surface area contributed by atoms with Crippen LogP contribution >= 0.6 is 0 Å². The molecular formula is C18H19NO3. The van der Waals surface area contributed by atoms with Gasteiger partial charge in [-0.15, -0.1) is 0 Å². The van der Waals surface area contributed by atoms with Crippen molar-refractivity contribution in [3.05, 3.63) is 66.2 Å². The molecule has 1 fully saturated rings. The first-order chi connectivity index (χ1) is 10.8. The number of amides is 1. The van der Waals surface area contributed by atoms with Crippen molar-refractivity contribution >= 4 is 5.91 Å². The van der Waals surface area contributed by atoms with Crippen molar-refractivity contribution in [2.24, 2.45) is 5.92 Å². The molecule has 0 aromatic heterocycles. The van der Waals surface area contributed by atoms with Crippen LogP contribution in [-0.4, -0.2) is 19.1 Å². The molecular weight excluding hydrogens is 278 g/mol. The summed E-state index contributed by atoms with van der Waals surface area (Å²) in [7, 11) is 0. The van der Waals surface area contributed by atoms with E-state index in [0.29, 0.717) is 19.1 Å². The molecule has 0 radical (unpaired) electrons. The van der Waals surface area contributed by atoms with Crippen molar-refractivity contribution in [2.45, 2.75) is 12.3 Å². The van der Waals surface area contributed by atoms with Gasteiger partial charge in [0, 0.05) is 5.92 Å². The third kappa shape index (κ3) is 3.86. The van der Waals surface area contributed by atoms with E-state index in [9.17, 15) is 4.79 Å². The zero-order valence-electron chi connectivity index (χ0n) is 12.3. The molecule has 1 saturated carbocycles. The van der Waals surface area contributed by atoms with Crippen molar-refractivity contribution < 1.29 is 14.4 Å². The number of carbonyl (C=O) groups excluding carboxylic acids is 1. The fourth-order valence-corrected chi connectivity index (χ4v) is 2.47. The summed E-state index contributed by atoms with van der Waals surface area (Å²) in [5.74, 6) is 1.10. The highest BCUT2D eigenvalue weighted by molar-refractivity contribution is 5.81. The van der Waals surface area contributed by atoms with Gasteiger partial charge in [-0.3, -0.25) is 9.63 Å². The van der Waals surface area contributed by atoms with Gasteiger partial charge in [-0.2, -0.15) is 0 Å². The van der Waals surface area contributed by atoms with Gasteiger partial charge >= 0.3 is 0 Å². The molecule has 0 bridgehead atoms. The Labute approximate surface area is 130 Å². The van der Waals surface area contributed by atoms with Crippen LogP contribution < -0.4 is 10.2 Å². The maximum atomic E-state index is 11.9. The zero-order chi connectivity index (χ0) is 15.2. The molecule has 2 aromatic carbocycles. The van der Waals surface area contributed by atoms with E-state index in [0.717, 1.165) is 12.2 Å². The van der Waals surface area contributed by atoms with Gasteiger partial charge in [-0.1, -0.05) is 48.5 Å². The SMILES string of the molecule is O=C(NOCCOc1ccccc1)C1CC1c1ccccc1. The lowest BCUT2D eigenvalue weighted by Gasteiger charge is -2.07. The molecule has 0 aliphatic heterocycles. The molecule has 3 rings (SSSR count). The minimum atomic E-state index is -0.0476. The maximum Gasteiger partial charge on any atom is 0.247 e. The predicted molar refractivity (Wildman–Crippen MR) is 83.3 cm³/mol. The molecule has 0 heterocycles. The van der Waals surface area contributed by atoms with Crippen LogP contribution in [0.4, 0.5) is 0 Å². The molecule has 1 aliphatic rings. The van der Waals surface area contributed by atoms with E-state index in [2.05, 4.69) is 17.6 Å². The van der Waals surface area contributed by atoms with Crippen molar-refractivity contribution in [2.75, 3.05) is 13.2 Å². The van der Waals surface area contributed by atoms with E-state index in [4.69, 9.17) is 9.57 Å². The highest BCUT2D eigenvalue weighted by Crippen LogP contribution is 2.47. The molecule has 4 nitrogen and oxygen atoms in total. The summed E-state index contributed by atoms with van der Waals surface area (Å²) in [6.07, 6.45) is 0.889. The van der Waals surface area contributed by atoms with E-state index in [1.807, 2.05) is 48.5 Å². The highest BCUT2D eigenvalue weighted by Gasteiger charge is 2.43. The fraction of sp³-hybridized carbons (Fsp3) is 0.278. The second kappa shape index (κ2) is 7.09. The van der Waals surface area contributed by atoms with Gasteiger partial charge in [0.05, 0.1) is 0 Å². The Hall–Kier alpha value is -2.33. The van der Waals surface area contributed by atoms with Crippen LogP contribution in [-0.2, 0) is 9.63 Å². The number of hydrogen-bond acceptors (Lipinski definition) is 3. The van der Waals surface area contributed by atoms with E-state index >= 15 is 0 Å². The molecule has 2 unspecified atom stereocenters. The van der Waals surface area contributed by atoms with Gasteiger partial charge in [-0.05, 0) is 30.0 Å². The summed E-state index contributed by atoms with van der Waals surface area (Å²) in [6, 6.07) is 19.6. The third-order valence-electron chi connectivity index (χ3n) is 3.73. The minimum absolute atomic E-state index is 0.0254. The number of hydroxylamine groups is 1. The van der Waals surface area contributed by atoms with Crippen LogP contribution in [0.2, 0.25) is 0 Å². The third-order valence-corrected chi connectivity index (χ3v) is 3.73. The molecule has 2 aromatic rings. The molecule has 1 aliphatic carbocycles. The molecule has 114 valence electrons. The summed E-state index contributed by atoms with van der Waals surface area (Å²) >= 11 is 0. The van der Waals surface area contributed by atoms with Crippen LogP contribution in [0, 0.1) is 5.92 Å². The summed E-state index contributed by atoms with van der Waals surface area (Å²) in [4.78, 5) is 17.1. The maximum absolute atomic E-state index is 11.9. The smallest absolute Gasteiger partial charge is 0.247 e. The first-order valence-electron chi connectivity index (χ1n) is 7.49. The van der Waals surface area contributed by atoms with E-state index in [1.165, 1.54) is 5.56 Å². The summed E-state index contributed by atoms with van der Waals surface area (Å²) < 4.78 is 5.48. The van der Waals surface area contributed by atoms with Crippen LogP contribution in [0.5, 0.6) is 5.75 Å². The first-order valence-corrected chi connectivity index (χ1v) is 7.49. The number of rotatable bonds is 7. The normalized spacial score (nSPS) is 19.5. The van der Waals surface area contributed by atoms with Crippen LogP contribution in [0.25, 0.3) is 0 Å². The van der Waals surface area contributed by atoms with Gasteiger partial charge < -0.3 is 4.74 Å². The lowest BCUT2D eigenvalue weighted by molar-refractivity contribution is -0.135. The molecule has 4 heteroatoms. The van der Waals surface area contributed by atoms with Crippen LogP contribution in [0.1, 0.15) is 17.9 Å². The number of benzene rings is 2. The number of ether oxygens (including phenoxy) is 1. The molecule has 0 saturated heterocycles. The molecule has 0 spiro atoms. The Bertz CT molecular complexity index is 600. The second-order valence-electron chi connectivity index (χ2n) is 5.34. The van der Waals surface area contributed by atoms with Gasteiger partial charge in [-0.25, -0.2) is 5.48 Å². The summed E-state index contributed by atoms with van der Waals surface area (Å²) in [5, 5.41) is 0. The largest absolute Gasteiger partial charge is 0.491 e.